The minimum atomic E-state index is -0.971. The first-order valence-corrected chi connectivity index (χ1v) is 5.83. The molecule has 0 bridgehead atoms. The van der Waals surface area contributed by atoms with Gasteiger partial charge < -0.3 is 0 Å². The van der Waals surface area contributed by atoms with Gasteiger partial charge in [-0.25, -0.2) is 5.43 Å². The Bertz CT molecular complexity index is 461. The van der Waals surface area contributed by atoms with E-state index in [9.17, 15) is 4.79 Å². The maximum Gasteiger partial charge on any atom is 0.249 e. The number of alkyl halides is 2. The van der Waals surface area contributed by atoms with Crippen molar-refractivity contribution in [1.82, 2.24) is 10.4 Å². The highest BCUT2D eigenvalue weighted by Crippen LogP contribution is 2.63. The van der Waals surface area contributed by atoms with E-state index in [0.29, 0.717) is 6.42 Å². The lowest BCUT2D eigenvalue weighted by molar-refractivity contribution is -0.125. The first-order valence-electron chi connectivity index (χ1n) is 5.07. The summed E-state index contributed by atoms with van der Waals surface area (Å²) in [6.07, 6.45) is 5.26. The highest BCUT2D eigenvalue weighted by molar-refractivity contribution is 6.53. The molecule has 0 unspecified atom stereocenters. The van der Waals surface area contributed by atoms with Crippen LogP contribution in [0.25, 0.3) is 0 Å². The summed E-state index contributed by atoms with van der Waals surface area (Å²) in [6.45, 7) is 1.71. The monoisotopic (exact) mass is 271 g/mol. The summed E-state index contributed by atoms with van der Waals surface area (Å²) in [5, 5.41) is 3.83. The van der Waals surface area contributed by atoms with Crippen LogP contribution in [0.1, 0.15) is 18.9 Å². The average molecular weight is 272 g/mol. The van der Waals surface area contributed by atoms with E-state index in [0.717, 1.165) is 5.56 Å². The lowest BCUT2D eigenvalue weighted by Gasteiger charge is -2.08. The van der Waals surface area contributed by atoms with Crippen LogP contribution in [0.4, 0.5) is 0 Å². The highest BCUT2D eigenvalue weighted by Gasteiger charge is 2.68. The van der Waals surface area contributed by atoms with Crippen molar-refractivity contribution in [3.8, 4) is 0 Å². The zero-order valence-electron chi connectivity index (χ0n) is 9.15. The van der Waals surface area contributed by atoms with Crippen LogP contribution in [0.15, 0.2) is 29.6 Å². The molecule has 1 heterocycles. The molecule has 17 heavy (non-hydrogen) atoms. The van der Waals surface area contributed by atoms with E-state index in [2.05, 4.69) is 15.5 Å². The molecule has 0 aliphatic heterocycles. The van der Waals surface area contributed by atoms with Crippen LogP contribution in [0.5, 0.6) is 0 Å². The molecule has 1 aliphatic carbocycles. The van der Waals surface area contributed by atoms with Gasteiger partial charge >= 0.3 is 0 Å². The predicted molar refractivity (Wildman–Crippen MR) is 67.1 cm³/mol. The number of carbonyl (C=O) groups is 1. The standard InChI is InChI=1S/C11H11Cl2N3O/c1-10(7-11(10,12)13)9(17)16-15-6-8-3-2-4-14-5-8/h2-6H,7H2,1H3,(H,16,17)/b15-6-/t10-/m1/s1. The van der Waals surface area contributed by atoms with Crippen LogP contribution in [0.2, 0.25) is 0 Å². The number of amides is 1. The van der Waals surface area contributed by atoms with Crippen molar-refractivity contribution in [2.45, 2.75) is 17.7 Å². The second kappa shape index (κ2) is 4.27. The van der Waals surface area contributed by atoms with Gasteiger partial charge in [0.2, 0.25) is 5.91 Å². The first-order chi connectivity index (χ1) is 7.96. The fourth-order valence-electron chi connectivity index (χ4n) is 1.39. The summed E-state index contributed by atoms with van der Waals surface area (Å²) < 4.78 is -0.971. The van der Waals surface area contributed by atoms with Gasteiger partial charge in [-0.05, 0) is 19.4 Å². The molecule has 90 valence electrons. The van der Waals surface area contributed by atoms with Crippen molar-refractivity contribution < 1.29 is 4.79 Å². The van der Waals surface area contributed by atoms with Gasteiger partial charge in [-0.1, -0.05) is 6.07 Å². The van der Waals surface area contributed by atoms with Crippen LogP contribution >= 0.6 is 23.2 Å². The Labute approximate surface area is 109 Å². The maximum atomic E-state index is 11.7. The summed E-state index contributed by atoms with van der Waals surface area (Å²) in [5.74, 6) is -0.275. The highest BCUT2D eigenvalue weighted by atomic mass is 35.5. The number of nitrogens with one attached hydrogen (secondary N) is 1. The zero-order chi connectivity index (χ0) is 12.5. The van der Waals surface area contributed by atoms with Gasteiger partial charge in [0.25, 0.3) is 0 Å². The van der Waals surface area contributed by atoms with Gasteiger partial charge in [-0.3, -0.25) is 9.78 Å². The van der Waals surface area contributed by atoms with Gasteiger partial charge in [0, 0.05) is 18.0 Å². The Kier molecular flexibility index (Phi) is 3.10. The Morgan fingerprint density at radius 3 is 2.88 bits per heavy atom. The van der Waals surface area contributed by atoms with Crippen LogP contribution in [0.3, 0.4) is 0 Å². The molecule has 1 fully saturated rings. The fourth-order valence-corrected chi connectivity index (χ4v) is 2.09. The summed E-state index contributed by atoms with van der Waals surface area (Å²) in [7, 11) is 0. The van der Waals surface area contributed by atoms with Crippen LogP contribution in [0, 0.1) is 5.41 Å². The third kappa shape index (κ3) is 2.42. The molecule has 1 N–H and O–H groups in total. The minimum Gasteiger partial charge on any atom is -0.272 e. The molecule has 1 aromatic rings. The fraction of sp³-hybridized carbons (Fsp3) is 0.364. The van der Waals surface area contributed by atoms with Crippen molar-refractivity contribution >= 4 is 35.3 Å². The van der Waals surface area contributed by atoms with Crippen LogP contribution < -0.4 is 5.43 Å². The van der Waals surface area contributed by atoms with Crippen molar-refractivity contribution in [2.24, 2.45) is 10.5 Å². The van der Waals surface area contributed by atoms with Crippen molar-refractivity contribution in [1.29, 1.82) is 0 Å². The molecule has 1 saturated carbocycles. The number of aromatic nitrogens is 1. The molecule has 2 rings (SSSR count). The first kappa shape index (κ1) is 12.3. The predicted octanol–water partition coefficient (Wildman–Crippen LogP) is 2.12. The molecule has 0 aromatic carbocycles. The molecule has 0 radical (unpaired) electrons. The van der Waals surface area contributed by atoms with E-state index < -0.39 is 9.75 Å². The second-order valence-electron chi connectivity index (χ2n) is 4.20. The molecule has 1 aliphatic rings. The number of nitrogens with zero attached hydrogens (tertiary/aromatic N) is 2. The Hall–Kier alpha value is -1.13. The quantitative estimate of drug-likeness (QED) is 0.520. The van der Waals surface area contributed by atoms with Crippen LogP contribution in [-0.4, -0.2) is 21.4 Å². The number of hydrogen-bond donors (Lipinski definition) is 1. The topological polar surface area (TPSA) is 54.4 Å². The molecule has 1 amide bonds. The van der Waals surface area contributed by atoms with E-state index >= 15 is 0 Å². The van der Waals surface area contributed by atoms with Gasteiger partial charge in [-0.15, -0.1) is 23.2 Å². The van der Waals surface area contributed by atoms with Crippen molar-refractivity contribution in [2.75, 3.05) is 0 Å². The van der Waals surface area contributed by atoms with Crippen LogP contribution in [-0.2, 0) is 4.79 Å². The lowest BCUT2D eigenvalue weighted by Crippen LogP contribution is -2.29. The normalized spacial score (nSPS) is 25.8. The van der Waals surface area contributed by atoms with E-state index in [1.807, 2.05) is 6.07 Å². The third-order valence-electron chi connectivity index (χ3n) is 2.82. The SMILES string of the molecule is C[C@]1(C(=O)N/N=C\c2cccnc2)CC1(Cl)Cl. The molecule has 6 heteroatoms. The molecule has 0 spiro atoms. The molecule has 1 atom stereocenters. The number of halogens is 2. The number of rotatable bonds is 3. The van der Waals surface area contributed by atoms with Gasteiger partial charge in [-0.2, -0.15) is 5.10 Å². The Balaban J connectivity index is 1.92. The van der Waals surface area contributed by atoms with Crippen molar-refractivity contribution in [3.63, 3.8) is 0 Å². The van der Waals surface area contributed by atoms with E-state index in [4.69, 9.17) is 23.2 Å². The Morgan fingerprint density at radius 1 is 1.65 bits per heavy atom. The Morgan fingerprint density at radius 2 is 2.35 bits per heavy atom. The number of pyridine rings is 1. The van der Waals surface area contributed by atoms with E-state index in [1.165, 1.54) is 6.21 Å². The maximum absolute atomic E-state index is 11.7. The molecule has 4 nitrogen and oxygen atoms in total. The third-order valence-corrected chi connectivity index (χ3v) is 3.92. The number of hydrogen-bond acceptors (Lipinski definition) is 3. The molecular weight excluding hydrogens is 261 g/mol. The smallest absolute Gasteiger partial charge is 0.249 e. The largest absolute Gasteiger partial charge is 0.272 e. The van der Waals surface area contributed by atoms with Crippen molar-refractivity contribution in [3.05, 3.63) is 30.1 Å². The van der Waals surface area contributed by atoms with Gasteiger partial charge in [0.15, 0.2) is 0 Å². The number of hydrazone groups is 1. The number of carbonyl (C=O) groups excluding carboxylic acids is 1. The lowest BCUT2D eigenvalue weighted by atomic mass is 10.1. The summed E-state index contributed by atoms with van der Waals surface area (Å²) >= 11 is 11.8. The van der Waals surface area contributed by atoms with Gasteiger partial charge in [0.1, 0.15) is 4.33 Å². The minimum absolute atomic E-state index is 0.275. The zero-order valence-corrected chi connectivity index (χ0v) is 10.7. The molecule has 0 saturated heterocycles. The average Bonchev–Trinajstić information content (AvgIpc) is 2.81. The van der Waals surface area contributed by atoms with E-state index in [-0.39, 0.29) is 5.91 Å². The molecule has 1 aromatic heterocycles. The van der Waals surface area contributed by atoms with E-state index in [1.54, 1.807) is 25.4 Å². The summed E-state index contributed by atoms with van der Waals surface area (Å²) in [6, 6.07) is 3.61. The summed E-state index contributed by atoms with van der Waals surface area (Å²) in [5.41, 5.74) is 2.48. The summed E-state index contributed by atoms with van der Waals surface area (Å²) in [4.78, 5) is 15.6. The molecular formula is C11H11Cl2N3O. The second-order valence-corrected chi connectivity index (χ2v) is 5.68. The van der Waals surface area contributed by atoms with Gasteiger partial charge in [0.05, 0.1) is 11.6 Å².